The number of carbonyl (C=O) groups excluding carboxylic acids is 2. The van der Waals surface area contributed by atoms with Crippen LogP contribution in [0.1, 0.15) is 38.2 Å². The van der Waals surface area contributed by atoms with Gasteiger partial charge >= 0.3 is 5.97 Å². The number of amides is 1. The second-order valence-electron chi connectivity index (χ2n) is 6.16. The Kier molecular flexibility index (Phi) is 4.65. The predicted octanol–water partition coefficient (Wildman–Crippen LogP) is 2.70. The molecule has 0 saturated heterocycles. The van der Waals surface area contributed by atoms with E-state index in [1.165, 1.54) is 0 Å². The lowest BCUT2D eigenvalue weighted by Gasteiger charge is -2.17. The molecule has 0 bridgehead atoms. The molecule has 1 unspecified atom stereocenters. The van der Waals surface area contributed by atoms with E-state index in [0.717, 1.165) is 42.1 Å². The average molecular weight is 314 g/mol. The number of ether oxygens (including phenoxy) is 1. The van der Waals surface area contributed by atoms with Crippen LogP contribution in [0.2, 0.25) is 0 Å². The third-order valence-electron chi connectivity index (χ3n) is 4.39. The summed E-state index contributed by atoms with van der Waals surface area (Å²) in [6.45, 7) is 1.62. The quantitative estimate of drug-likeness (QED) is 0.834. The number of esters is 1. The zero-order valence-electron chi connectivity index (χ0n) is 13.3. The highest BCUT2D eigenvalue weighted by molar-refractivity contribution is 5.88. The van der Waals surface area contributed by atoms with Crippen molar-refractivity contribution < 1.29 is 14.3 Å². The summed E-state index contributed by atoms with van der Waals surface area (Å²) in [4.78, 5) is 27.3. The molecule has 1 aromatic carbocycles. The maximum Gasteiger partial charge on any atom is 0.311 e. The Bertz CT molecular complexity index is 701. The number of carbonyl (C=O) groups is 2. The van der Waals surface area contributed by atoms with Crippen molar-refractivity contribution in [1.82, 2.24) is 10.3 Å². The number of benzene rings is 1. The van der Waals surface area contributed by atoms with Crippen LogP contribution in [0.3, 0.4) is 0 Å². The SMILES string of the molecule is CC(OC(=O)Cc1c[nH]c2ccccc12)C(=O)NC1CCCC1. The first-order valence-electron chi connectivity index (χ1n) is 8.18. The molecule has 1 aliphatic carbocycles. The van der Waals surface area contributed by atoms with E-state index in [1.54, 1.807) is 6.92 Å². The van der Waals surface area contributed by atoms with Crippen molar-refractivity contribution in [3.05, 3.63) is 36.0 Å². The molecule has 1 fully saturated rings. The summed E-state index contributed by atoms with van der Waals surface area (Å²) in [5.41, 5.74) is 1.87. The zero-order chi connectivity index (χ0) is 16.2. The fourth-order valence-electron chi connectivity index (χ4n) is 3.11. The van der Waals surface area contributed by atoms with Crippen molar-refractivity contribution in [2.75, 3.05) is 0 Å². The minimum Gasteiger partial charge on any atom is -0.452 e. The lowest BCUT2D eigenvalue weighted by Crippen LogP contribution is -2.41. The predicted molar refractivity (Wildman–Crippen MR) is 88.0 cm³/mol. The van der Waals surface area contributed by atoms with Gasteiger partial charge in [0, 0.05) is 23.1 Å². The number of nitrogens with one attached hydrogen (secondary N) is 2. The van der Waals surface area contributed by atoms with Crippen LogP contribution >= 0.6 is 0 Å². The Labute approximate surface area is 135 Å². The Morgan fingerprint density at radius 1 is 1.30 bits per heavy atom. The summed E-state index contributed by atoms with van der Waals surface area (Å²) < 4.78 is 5.28. The molecule has 122 valence electrons. The van der Waals surface area contributed by atoms with Crippen molar-refractivity contribution in [3.63, 3.8) is 0 Å². The second-order valence-corrected chi connectivity index (χ2v) is 6.16. The number of hydrogen-bond acceptors (Lipinski definition) is 3. The fraction of sp³-hybridized carbons (Fsp3) is 0.444. The highest BCUT2D eigenvalue weighted by atomic mass is 16.5. The molecule has 0 aliphatic heterocycles. The Balaban J connectivity index is 1.55. The molecular weight excluding hydrogens is 292 g/mol. The number of fused-ring (bicyclic) bond motifs is 1. The van der Waals surface area contributed by atoms with Gasteiger partial charge in [0.05, 0.1) is 6.42 Å². The van der Waals surface area contributed by atoms with Gasteiger partial charge in [-0.3, -0.25) is 9.59 Å². The molecule has 2 N–H and O–H groups in total. The number of aromatic amines is 1. The summed E-state index contributed by atoms with van der Waals surface area (Å²) >= 11 is 0. The second kappa shape index (κ2) is 6.86. The van der Waals surface area contributed by atoms with Crippen LogP contribution in [-0.2, 0) is 20.7 Å². The van der Waals surface area contributed by atoms with Crippen LogP contribution in [0, 0.1) is 0 Å². The van der Waals surface area contributed by atoms with E-state index in [4.69, 9.17) is 4.74 Å². The van der Waals surface area contributed by atoms with E-state index in [-0.39, 0.29) is 24.3 Å². The van der Waals surface area contributed by atoms with Crippen molar-refractivity contribution in [2.24, 2.45) is 0 Å². The molecular formula is C18H22N2O3. The van der Waals surface area contributed by atoms with Crippen molar-refractivity contribution >= 4 is 22.8 Å². The first-order valence-corrected chi connectivity index (χ1v) is 8.18. The number of para-hydroxylation sites is 1. The van der Waals surface area contributed by atoms with E-state index in [2.05, 4.69) is 10.3 Å². The lowest BCUT2D eigenvalue weighted by molar-refractivity contribution is -0.154. The first kappa shape index (κ1) is 15.6. The van der Waals surface area contributed by atoms with E-state index < -0.39 is 6.10 Å². The normalized spacial score (nSPS) is 16.4. The maximum absolute atomic E-state index is 12.1. The monoisotopic (exact) mass is 314 g/mol. The van der Waals surface area contributed by atoms with Crippen LogP contribution in [0.5, 0.6) is 0 Å². The highest BCUT2D eigenvalue weighted by Crippen LogP contribution is 2.19. The highest BCUT2D eigenvalue weighted by Gasteiger charge is 2.23. The molecule has 1 aliphatic rings. The van der Waals surface area contributed by atoms with Crippen molar-refractivity contribution in [1.29, 1.82) is 0 Å². The summed E-state index contributed by atoms with van der Waals surface area (Å²) in [6.07, 6.45) is 5.55. The number of H-pyrrole nitrogens is 1. The number of rotatable bonds is 5. The molecule has 1 aromatic heterocycles. The van der Waals surface area contributed by atoms with E-state index in [0.29, 0.717) is 0 Å². The minimum absolute atomic E-state index is 0.158. The molecule has 5 heteroatoms. The molecule has 1 atom stereocenters. The molecule has 1 heterocycles. The average Bonchev–Trinajstić information content (AvgIpc) is 3.17. The van der Waals surface area contributed by atoms with Gasteiger partial charge in [-0.1, -0.05) is 31.0 Å². The van der Waals surface area contributed by atoms with Crippen LogP contribution in [0.15, 0.2) is 30.5 Å². The Morgan fingerprint density at radius 3 is 2.83 bits per heavy atom. The van der Waals surface area contributed by atoms with Gasteiger partial charge in [-0.25, -0.2) is 0 Å². The molecule has 3 rings (SSSR count). The van der Waals surface area contributed by atoms with E-state index in [9.17, 15) is 9.59 Å². The van der Waals surface area contributed by atoms with Gasteiger partial charge in [0.25, 0.3) is 5.91 Å². The maximum atomic E-state index is 12.1. The standard InChI is InChI=1S/C18H22N2O3/c1-12(18(22)20-14-6-2-3-7-14)23-17(21)10-13-11-19-16-9-5-4-8-15(13)16/h4-5,8-9,11-12,14,19H,2-3,6-7,10H2,1H3,(H,20,22). The van der Waals surface area contributed by atoms with Gasteiger partial charge in [-0.15, -0.1) is 0 Å². The molecule has 1 saturated carbocycles. The summed E-state index contributed by atoms with van der Waals surface area (Å²) in [5, 5.41) is 3.96. The van der Waals surface area contributed by atoms with Gasteiger partial charge < -0.3 is 15.0 Å². The van der Waals surface area contributed by atoms with Crippen LogP contribution in [0.25, 0.3) is 10.9 Å². The summed E-state index contributed by atoms with van der Waals surface area (Å²) in [6, 6.07) is 8.03. The minimum atomic E-state index is -0.756. The van der Waals surface area contributed by atoms with Crippen LogP contribution in [0.4, 0.5) is 0 Å². The lowest BCUT2D eigenvalue weighted by atomic mass is 10.1. The molecule has 5 nitrogen and oxygen atoms in total. The summed E-state index contributed by atoms with van der Waals surface area (Å²) in [7, 11) is 0. The molecule has 23 heavy (non-hydrogen) atoms. The van der Waals surface area contributed by atoms with Gasteiger partial charge in [-0.05, 0) is 31.4 Å². The van der Waals surface area contributed by atoms with Crippen LogP contribution in [-0.4, -0.2) is 29.0 Å². The summed E-state index contributed by atoms with van der Waals surface area (Å²) in [5.74, 6) is -0.590. The first-order chi connectivity index (χ1) is 11.1. The van der Waals surface area contributed by atoms with E-state index in [1.807, 2.05) is 30.5 Å². The van der Waals surface area contributed by atoms with E-state index >= 15 is 0 Å². The largest absolute Gasteiger partial charge is 0.452 e. The third-order valence-corrected chi connectivity index (χ3v) is 4.39. The molecule has 1 amide bonds. The van der Waals surface area contributed by atoms with Gasteiger partial charge in [0.2, 0.25) is 0 Å². The Morgan fingerprint density at radius 2 is 2.04 bits per heavy atom. The fourth-order valence-corrected chi connectivity index (χ4v) is 3.11. The smallest absolute Gasteiger partial charge is 0.311 e. The molecule has 0 radical (unpaired) electrons. The van der Waals surface area contributed by atoms with Gasteiger partial charge in [-0.2, -0.15) is 0 Å². The van der Waals surface area contributed by atoms with Crippen molar-refractivity contribution in [2.45, 2.75) is 51.2 Å². The third kappa shape index (κ3) is 3.73. The number of hydrogen-bond donors (Lipinski definition) is 2. The van der Waals surface area contributed by atoms with Crippen LogP contribution < -0.4 is 5.32 Å². The molecule has 0 spiro atoms. The topological polar surface area (TPSA) is 71.2 Å². The van der Waals surface area contributed by atoms with Gasteiger partial charge in [0.15, 0.2) is 6.10 Å². The zero-order valence-corrected chi connectivity index (χ0v) is 13.3. The van der Waals surface area contributed by atoms with Gasteiger partial charge in [0.1, 0.15) is 0 Å². The Hall–Kier alpha value is -2.30. The van der Waals surface area contributed by atoms with Crippen molar-refractivity contribution in [3.8, 4) is 0 Å². The number of aromatic nitrogens is 1. The molecule has 2 aromatic rings.